The summed E-state index contributed by atoms with van der Waals surface area (Å²) in [6, 6.07) is 46.1. The van der Waals surface area contributed by atoms with E-state index in [1.165, 1.54) is 53.9 Å². The maximum Gasteiger partial charge on any atom is 0.236 e. The lowest BCUT2D eigenvalue weighted by Gasteiger charge is -2.21. The van der Waals surface area contributed by atoms with Crippen molar-refractivity contribution in [3.8, 4) is 28.3 Å². The molecule has 0 unspecified atom stereocenters. The van der Waals surface area contributed by atoms with Crippen LogP contribution in [0.4, 0.5) is 0 Å². The lowest BCUT2D eigenvalue weighted by Crippen LogP contribution is -2.14. The Hall–Kier alpha value is -5.32. The van der Waals surface area contributed by atoms with E-state index >= 15 is 0 Å². The van der Waals surface area contributed by atoms with Gasteiger partial charge in [-0.05, 0) is 57.3 Å². The van der Waals surface area contributed by atoms with E-state index in [1.54, 1.807) is 11.3 Å². The molecule has 45 heavy (non-hydrogen) atoms. The summed E-state index contributed by atoms with van der Waals surface area (Å²) in [5, 5.41) is 7.18. The van der Waals surface area contributed by atoms with Crippen LogP contribution in [0.2, 0.25) is 0 Å². The maximum absolute atomic E-state index is 5.57. The van der Waals surface area contributed by atoms with Crippen LogP contribution in [0.5, 0.6) is 0 Å². The van der Waals surface area contributed by atoms with Crippen LogP contribution in [-0.4, -0.2) is 14.5 Å². The van der Waals surface area contributed by atoms with E-state index in [0.717, 1.165) is 32.5 Å². The highest BCUT2D eigenvalue weighted by molar-refractivity contribution is 7.25. The number of para-hydroxylation sites is 1. The molecule has 10 rings (SSSR count). The second-order valence-corrected chi connectivity index (χ2v) is 13.6. The number of thiophene rings is 1. The summed E-state index contributed by atoms with van der Waals surface area (Å²) < 4.78 is 3.49. The van der Waals surface area contributed by atoms with Crippen molar-refractivity contribution >= 4 is 64.2 Å². The number of rotatable bonds is 2. The first-order chi connectivity index (χ1) is 22.1. The third-order valence-corrected chi connectivity index (χ3v) is 10.9. The van der Waals surface area contributed by atoms with E-state index in [9.17, 15) is 0 Å². The molecule has 3 nitrogen and oxygen atoms in total. The van der Waals surface area contributed by atoms with Crippen LogP contribution in [0.25, 0.3) is 81.2 Å². The molecular formula is C41H27N3S. The molecule has 0 radical (unpaired) electrons. The highest BCUT2D eigenvalue weighted by Gasteiger charge is 2.37. The molecule has 1 aliphatic rings. The molecule has 9 aromatic rings. The fourth-order valence-electron chi connectivity index (χ4n) is 7.73. The van der Waals surface area contributed by atoms with Crippen molar-refractivity contribution in [3.63, 3.8) is 0 Å². The lowest BCUT2D eigenvalue weighted by atomic mass is 9.82. The zero-order valence-electron chi connectivity index (χ0n) is 24.9. The standard InChI is InChI=1S/C41H27N3S/c1-41(2)31-18-8-5-15-27(31)36-29(17-11-19-32(36)41)38-37-28-16-7-10-21-35(28)45-39(37)43-40(42-38)44-33-20-9-6-14-26(33)30-22-24-12-3-4-13-25(24)23-34(30)44/h3-23H,1-2H3. The molecule has 0 saturated heterocycles. The van der Waals surface area contributed by atoms with Gasteiger partial charge in [-0.2, -0.15) is 0 Å². The van der Waals surface area contributed by atoms with Crippen LogP contribution in [0.1, 0.15) is 25.0 Å². The molecule has 3 heterocycles. The molecule has 0 aliphatic heterocycles. The number of hydrogen-bond acceptors (Lipinski definition) is 3. The normalized spacial score (nSPS) is 13.7. The molecule has 6 aromatic carbocycles. The molecule has 1 aliphatic carbocycles. The second kappa shape index (κ2) is 8.87. The van der Waals surface area contributed by atoms with Crippen LogP contribution in [0, 0.1) is 0 Å². The average Bonchev–Trinajstić information content (AvgIpc) is 3.69. The van der Waals surface area contributed by atoms with Crippen LogP contribution >= 0.6 is 11.3 Å². The first-order valence-corrected chi connectivity index (χ1v) is 16.2. The van der Waals surface area contributed by atoms with E-state index in [4.69, 9.17) is 9.97 Å². The van der Waals surface area contributed by atoms with Crippen molar-refractivity contribution < 1.29 is 0 Å². The van der Waals surface area contributed by atoms with E-state index in [-0.39, 0.29) is 5.41 Å². The van der Waals surface area contributed by atoms with Gasteiger partial charge in [0.05, 0.1) is 16.7 Å². The Morgan fingerprint density at radius 1 is 0.578 bits per heavy atom. The zero-order chi connectivity index (χ0) is 29.9. The first kappa shape index (κ1) is 25.1. The van der Waals surface area contributed by atoms with E-state index in [1.807, 2.05) is 0 Å². The van der Waals surface area contributed by atoms with Gasteiger partial charge in [0.25, 0.3) is 0 Å². The Balaban J connectivity index is 1.36. The van der Waals surface area contributed by atoms with Crippen LogP contribution in [0.15, 0.2) is 127 Å². The summed E-state index contributed by atoms with van der Waals surface area (Å²) in [5.74, 6) is 0.702. The van der Waals surface area contributed by atoms with Gasteiger partial charge >= 0.3 is 0 Å². The fourth-order valence-corrected chi connectivity index (χ4v) is 8.80. The van der Waals surface area contributed by atoms with Gasteiger partial charge in [0.2, 0.25) is 5.95 Å². The third kappa shape index (κ3) is 3.35. The summed E-state index contributed by atoms with van der Waals surface area (Å²) in [6.45, 7) is 4.68. The monoisotopic (exact) mass is 593 g/mol. The predicted molar refractivity (Wildman–Crippen MR) is 190 cm³/mol. The molecule has 0 saturated carbocycles. The van der Waals surface area contributed by atoms with E-state index in [2.05, 4.69) is 146 Å². The highest BCUT2D eigenvalue weighted by Crippen LogP contribution is 2.53. The van der Waals surface area contributed by atoms with Crippen molar-refractivity contribution in [2.24, 2.45) is 0 Å². The molecule has 0 amide bonds. The lowest BCUT2D eigenvalue weighted by molar-refractivity contribution is 0.660. The summed E-state index contributed by atoms with van der Waals surface area (Å²) in [7, 11) is 0. The van der Waals surface area contributed by atoms with Crippen LogP contribution in [-0.2, 0) is 5.41 Å². The minimum absolute atomic E-state index is 0.0957. The maximum atomic E-state index is 5.57. The molecule has 0 spiro atoms. The second-order valence-electron chi connectivity index (χ2n) is 12.6. The minimum atomic E-state index is -0.0957. The van der Waals surface area contributed by atoms with Gasteiger partial charge in [-0.15, -0.1) is 11.3 Å². The van der Waals surface area contributed by atoms with Gasteiger partial charge in [-0.25, -0.2) is 9.97 Å². The Kier molecular flexibility index (Phi) is 4.94. The minimum Gasteiger partial charge on any atom is -0.278 e. The van der Waals surface area contributed by atoms with E-state index in [0.29, 0.717) is 5.95 Å². The quantitative estimate of drug-likeness (QED) is 0.200. The van der Waals surface area contributed by atoms with Gasteiger partial charge in [-0.3, -0.25) is 4.57 Å². The summed E-state index contributed by atoms with van der Waals surface area (Å²) >= 11 is 1.75. The summed E-state index contributed by atoms with van der Waals surface area (Å²) in [4.78, 5) is 11.9. The molecule has 0 bridgehead atoms. The number of nitrogens with zero attached hydrogens (tertiary/aromatic N) is 3. The number of aromatic nitrogens is 3. The Morgan fingerprint density at radius 3 is 2.16 bits per heavy atom. The zero-order valence-corrected chi connectivity index (χ0v) is 25.7. The summed E-state index contributed by atoms with van der Waals surface area (Å²) in [5.41, 5.74) is 9.57. The van der Waals surface area contributed by atoms with Crippen molar-refractivity contribution in [2.75, 3.05) is 0 Å². The summed E-state index contributed by atoms with van der Waals surface area (Å²) in [6.07, 6.45) is 0. The highest BCUT2D eigenvalue weighted by atomic mass is 32.1. The van der Waals surface area contributed by atoms with Crippen molar-refractivity contribution in [2.45, 2.75) is 19.3 Å². The Bertz CT molecular complexity index is 2690. The van der Waals surface area contributed by atoms with Crippen molar-refractivity contribution in [1.29, 1.82) is 0 Å². The Labute approximate surface area is 264 Å². The van der Waals surface area contributed by atoms with Gasteiger partial charge in [0, 0.05) is 37.2 Å². The first-order valence-electron chi connectivity index (χ1n) is 15.4. The molecular weight excluding hydrogens is 567 g/mol. The van der Waals surface area contributed by atoms with Crippen molar-refractivity contribution in [1.82, 2.24) is 14.5 Å². The molecule has 0 N–H and O–H groups in total. The number of fused-ring (bicyclic) bond motifs is 10. The fraction of sp³-hybridized carbons (Fsp3) is 0.0732. The van der Waals surface area contributed by atoms with Crippen LogP contribution < -0.4 is 0 Å². The van der Waals surface area contributed by atoms with Gasteiger partial charge in [-0.1, -0.05) is 117 Å². The van der Waals surface area contributed by atoms with Gasteiger partial charge in [0.1, 0.15) is 4.83 Å². The van der Waals surface area contributed by atoms with Gasteiger partial charge in [0.15, 0.2) is 0 Å². The van der Waals surface area contributed by atoms with E-state index < -0.39 is 0 Å². The Morgan fingerprint density at radius 2 is 1.27 bits per heavy atom. The van der Waals surface area contributed by atoms with Crippen LogP contribution in [0.3, 0.4) is 0 Å². The largest absolute Gasteiger partial charge is 0.278 e. The molecule has 0 fully saturated rings. The average molecular weight is 594 g/mol. The number of benzene rings is 6. The van der Waals surface area contributed by atoms with Gasteiger partial charge < -0.3 is 0 Å². The molecule has 212 valence electrons. The SMILES string of the molecule is CC1(C)c2ccccc2-c2c(-c3nc(-n4c5ccccc5c5cc6ccccc6cc54)nc4sc5ccccc5c34)cccc21. The predicted octanol–water partition coefficient (Wildman–Crippen LogP) is 11.1. The molecule has 3 aromatic heterocycles. The number of hydrogen-bond donors (Lipinski definition) is 0. The van der Waals surface area contributed by atoms with Crippen molar-refractivity contribution in [3.05, 3.63) is 139 Å². The molecule has 0 atom stereocenters. The smallest absolute Gasteiger partial charge is 0.236 e. The topological polar surface area (TPSA) is 30.7 Å². The molecule has 4 heteroatoms. The third-order valence-electron chi connectivity index (χ3n) is 9.83.